The van der Waals surface area contributed by atoms with Crippen LogP contribution < -0.4 is 5.32 Å². The van der Waals surface area contributed by atoms with Gasteiger partial charge in [-0.1, -0.05) is 24.3 Å². The van der Waals surface area contributed by atoms with Crippen molar-refractivity contribution in [2.75, 3.05) is 19.6 Å². The minimum absolute atomic E-state index is 0.172. The molecule has 1 aromatic carbocycles. The molecule has 1 aromatic heterocycles. The monoisotopic (exact) mass is 338 g/mol. The number of aromatic nitrogens is 1. The van der Waals surface area contributed by atoms with Crippen LogP contribution in [0.25, 0.3) is 11.3 Å². The Morgan fingerprint density at radius 1 is 1.24 bits per heavy atom. The van der Waals surface area contributed by atoms with E-state index < -0.39 is 0 Å². The average molecular weight is 338 g/mol. The molecule has 25 heavy (non-hydrogen) atoms. The summed E-state index contributed by atoms with van der Waals surface area (Å²) < 4.78 is 0. The summed E-state index contributed by atoms with van der Waals surface area (Å²) in [7, 11) is 0. The summed E-state index contributed by atoms with van der Waals surface area (Å²) in [6.45, 7) is 5.24. The van der Waals surface area contributed by atoms with Gasteiger partial charge in [0.2, 0.25) is 0 Å². The first-order chi connectivity index (χ1) is 12.3. The van der Waals surface area contributed by atoms with Crippen LogP contribution in [0.15, 0.2) is 53.7 Å². The highest BCUT2D eigenvalue weighted by Crippen LogP contribution is 2.18. The molecule has 1 saturated heterocycles. The molecule has 2 heterocycles. The van der Waals surface area contributed by atoms with E-state index in [9.17, 15) is 5.11 Å². The van der Waals surface area contributed by atoms with Gasteiger partial charge in [-0.25, -0.2) is 4.99 Å². The van der Waals surface area contributed by atoms with Crippen molar-refractivity contribution in [2.24, 2.45) is 4.99 Å². The minimum Gasteiger partial charge on any atom is -0.393 e. The summed E-state index contributed by atoms with van der Waals surface area (Å²) in [5, 5.41) is 13.1. The lowest BCUT2D eigenvalue weighted by Crippen LogP contribution is -2.46. The van der Waals surface area contributed by atoms with Gasteiger partial charge >= 0.3 is 0 Å². The van der Waals surface area contributed by atoms with E-state index in [1.54, 1.807) is 0 Å². The molecule has 0 saturated carbocycles. The van der Waals surface area contributed by atoms with Crippen molar-refractivity contribution in [3.63, 3.8) is 0 Å². The lowest BCUT2D eigenvalue weighted by molar-refractivity contribution is 0.108. The molecule has 1 aliphatic heterocycles. The molecule has 1 aliphatic rings. The van der Waals surface area contributed by atoms with E-state index in [1.165, 1.54) is 0 Å². The highest BCUT2D eigenvalue weighted by atomic mass is 16.3. The van der Waals surface area contributed by atoms with E-state index in [0.29, 0.717) is 6.54 Å². The molecule has 5 heteroatoms. The number of likely N-dealkylation sites (tertiary alicyclic amines) is 1. The fourth-order valence-electron chi connectivity index (χ4n) is 3.03. The Labute approximate surface area is 149 Å². The molecule has 0 unspecified atom stereocenters. The van der Waals surface area contributed by atoms with E-state index in [2.05, 4.69) is 46.4 Å². The summed E-state index contributed by atoms with van der Waals surface area (Å²) in [6.07, 6.45) is 3.25. The first-order valence-corrected chi connectivity index (χ1v) is 8.98. The molecule has 0 amide bonds. The van der Waals surface area contributed by atoms with Gasteiger partial charge in [-0.15, -0.1) is 0 Å². The maximum absolute atomic E-state index is 9.69. The topological polar surface area (TPSA) is 60.8 Å². The van der Waals surface area contributed by atoms with Crippen molar-refractivity contribution in [2.45, 2.75) is 32.4 Å². The summed E-state index contributed by atoms with van der Waals surface area (Å²) in [5.41, 5.74) is 3.25. The van der Waals surface area contributed by atoms with Gasteiger partial charge in [-0.05, 0) is 43.5 Å². The number of pyridine rings is 1. The maximum Gasteiger partial charge on any atom is 0.194 e. The number of aliphatic hydroxyl groups is 1. The summed E-state index contributed by atoms with van der Waals surface area (Å²) in [5.74, 6) is 0.928. The first kappa shape index (κ1) is 17.4. The van der Waals surface area contributed by atoms with Gasteiger partial charge in [0.1, 0.15) is 0 Å². The van der Waals surface area contributed by atoms with Gasteiger partial charge < -0.3 is 15.3 Å². The zero-order valence-corrected chi connectivity index (χ0v) is 14.7. The second-order valence-corrected chi connectivity index (χ2v) is 6.30. The number of hydrogen-bond acceptors (Lipinski definition) is 3. The maximum atomic E-state index is 9.69. The fourth-order valence-corrected chi connectivity index (χ4v) is 3.03. The highest BCUT2D eigenvalue weighted by molar-refractivity contribution is 5.80. The number of aliphatic imine (C=N–C) groups is 1. The first-order valence-electron chi connectivity index (χ1n) is 8.98. The van der Waals surface area contributed by atoms with Crippen molar-refractivity contribution in [3.8, 4) is 11.3 Å². The molecule has 1 fully saturated rings. The van der Waals surface area contributed by atoms with Crippen LogP contribution in [-0.4, -0.2) is 46.7 Å². The third-order valence-electron chi connectivity index (χ3n) is 4.40. The molecule has 0 bridgehead atoms. The van der Waals surface area contributed by atoms with E-state index in [0.717, 1.165) is 55.3 Å². The van der Waals surface area contributed by atoms with Crippen molar-refractivity contribution >= 4 is 5.96 Å². The van der Waals surface area contributed by atoms with Crippen LogP contribution in [0.2, 0.25) is 0 Å². The molecular weight excluding hydrogens is 312 g/mol. The normalized spacial score (nSPS) is 16.1. The molecule has 0 spiro atoms. The molecule has 0 atom stereocenters. The zero-order chi connectivity index (χ0) is 17.5. The van der Waals surface area contributed by atoms with Crippen LogP contribution in [0.4, 0.5) is 0 Å². The number of nitrogens with zero attached hydrogens (tertiary/aromatic N) is 3. The number of guanidine groups is 1. The second kappa shape index (κ2) is 8.62. The quantitative estimate of drug-likeness (QED) is 0.665. The third kappa shape index (κ3) is 4.79. The Kier molecular flexibility index (Phi) is 6.01. The van der Waals surface area contributed by atoms with Crippen molar-refractivity contribution < 1.29 is 5.11 Å². The lowest BCUT2D eigenvalue weighted by atomic mass is 10.1. The van der Waals surface area contributed by atoms with Crippen LogP contribution in [0.1, 0.15) is 25.3 Å². The van der Waals surface area contributed by atoms with Gasteiger partial charge in [0.05, 0.1) is 18.3 Å². The third-order valence-corrected chi connectivity index (χ3v) is 4.40. The number of nitrogens with one attached hydrogen (secondary N) is 1. The standard InChI is InChI=1S/C20H26N4O/c1-2-21-20(24-12-9-18(25)10-13-24)23-15-16-6-5-7-17(14-16)19-8-3-4-11-22-19/h3-8,11,14,18,25H,2,9-10,12-13,15H2,1H3,(H,21,23). The molecule has 2 aromatic rings. The predicted molar refractivity (Wildman–Crippen MR) is 101 cm³/mol. The van der Waals surface area contributed by atoms with E-state index in [-0.39, 0.29) is 6.10 Å². The largest absolute Gasteiger partial charge is 0.393 e. The molecule has 5 nitrogen and oxygen atoms in total. The molecule has 3 rings (SSSR count). The summed E-state index contributed by atoms with van der Waals surface area (Å²) in [6, 6.07) is 14.3. The number of hydrogen-bond donors (Lipinski definition) is 2. The average Bonchev–Trinajstić information content (AvgIpc) is 2.67. The van der Waals surface area contributed by atoms with Crippen LogP contribution in [0.3, 0.4) is 0 Å². The van der Waals surface area contributed by atoms with Crippen LogP contribution in [0.5, 0.6) is 0 Å². The Balaban J connectivity index is 1.72. The molecular formula is C20H26N4O. The van der Waals surface area contributed by atoms with E-state index in [1.807, 2.05) is 24.4 Å². The zero-order valence-electron chi connectivity index (χ0n) is 14.7. The summed E-state index contributed by atoms with van der Waals surface area (Å²) in [4.78, 5) is 11.4. The Hall–Kier alpha value is -2.40. The minimum atomic E-state index is -0.172. The van der Waals surface area contributed by atoms with Gasteiger partial charge in [0.25, 0.3) is 0 Å². The van der Waals surface area contributed by atoms with Gasteiger partial charge in [-0.3, -0.25) is 4.98 Å². The molecule has 0 aliphatic carbocycles. The van der Waals surface area contributed by atoms with Crippen LogP contribution >= 0.6 is 0 Å². The number of rotatable bonds is 4. The van der Waals surface area contributed by atoms with Gasteiger partial charge in [-0.2, -0.15) is 0 Å². The van der Waals surface area contributed by atoms with Gasteiger partial charge in [0, 0.05) is 31.4 Å². The van der Waals surface area contributed by atoms with Crippen LogP contribution in [0, 0.1) is 0 Å². The SMILES string of the molecule is CCNC(=NCc1cccc(-c2ccccn2)c1)N1CCC(O)CC1. The van der Waals surface area contributed by atoms with Gasteiger partial charge in [0.15, 0.2) is 5.96 Å². The molecule has 0 radical (unpaired) electrons. The highest BCUT2D eigenvalue weighted by Gasteiger charge is 2.19. The Morgan fingerprint density at radius 3 is 2.80 bits per heavy atom. The fraction of sp³-hybridized carbons (Fsp3) is 0.400. The summed E-state index contributed by atoms with van der Waals surface area (Å²) >= 11 is 0. The Morgan fingerprint density at radius 2 is 2.08 bits per heavy atom. The van der Waals surface area contributed by atoms with Crippen molar-refractivity contribution in [1.82, 2.24) is 15.2 Å². The predicted octanol–water partition coefficient (Wildman–Crippen LogP) is 2.67. The number of benzene rings is 1. The smallest absolute Gasteiger partial charge is 0.194 e. The number of aliphatic hydroxyl groups excluding tert-OH is 1. The number of piperidine rings is 1. The Bertz CT molecular complexity index is 694. The second-order valence-electron chi connectivity index (χ2n) is 6.30. The van der Waals surface area contributed by atoms with Crippen LogP contribution in [-0.2, 0) is 6.54 Å². The molecule has 132 valence electrons. The van der Waals surface area contributed by atoms with Crippen molar-refractivity contribution in [3.05, 3.63) is 54.2 Å². The van der Waals surface area contributed by atoms with Crippen molar-refractivity contribution in [1.29, 1.82) is 0 Å². The lowest BCUT2D eigenvalue weighted by Gasteiger charge is -2.32. The molecule has 2 N–H and O–H groups in total. The van der Waals surface area contributed by atoms with E-state index in [4.69, 9.17) is 4.99 Å². The van der Waals surface area contributed by atoms with E-state index >= 15 is 0 Å².